The normalized spacial score (nSPS) is 10.7. The maximum atomic E-state index is 12.1. The van der Waals surface area contributed by atoms with Gasteiger partial charge in [0.25, 0.3) is 5.91 Å². The van der Waals surface area contributed by atoms with Crippen LogP contribution in [0.1, 0.15) is 25.9 Å². The van der Waals surface area contributed by atoms with Gasteiger partial charge in [0.15, 0.2) is 5.96 Å². The van der Waals surface area contributed by atoms with Gasteiger partial charge in [0, 0.05) is 30.6 Å². The highest BCUT2D eigenvalue weighted by molar-refractivity contribution is 14.0. The van der Waals surface area contributed by atoms with Crippen molar-refractivity contribution in [1.29, 1.82) is 0 Å². The zero-order chi connectivity index (χ0) is 18.9. The third-order valence-corrected chi connectivity index (χ3v) is 4.75. The van der Waals surface area contributed by atoms with Crippen LogP contribution in [0, 0.1) is 13.8 Å². The number of amides is 1. The molecular formula is C18H26IN5O2S. The van der Waals surface area contributed by atoms with Crippen LogP contribution in [0.15, 0.2) is 29.3 Å². The van der Waals surface area contributed by atoms with E-state index in [1.54, 1.807) is 49.8 Å². The highest BCUT2D eigenvalue weighted by atomic mass is 127. The number of aromatic nitrogens is 1. The van der Waals surface area contributed by atoms with E-state index in [0.717, 1.165) is 10.7 Å². The third-order valence-electron chi connectivity index (χ3n) is 3.67. The van der Waals surface area contributed by atoms with Crippen molar-refractivity contribution >= 4 is 47.2 Å². The summed E-state index contributed by atoms with van der Waals surface area (Å²) in [6.07, 6.45) is 0. The summed E-state index contributed by atoms with van der Waals surface area (Å²) >= 11 is 1.68. The van der Waals surface area contributed by atoms with Crippen LogP contribution in [0.4, 0.5) is 0 Å². The van der Waals surface area contributed by atoms with Crippen molar-refractivity contribution in [3.63, 3.8) is 0 Å². The Kier molecular flexibility index (Phi) is 10.1. The average Bonchev–Trinajstić information content (AvgIpc) is 2.98. The quantitative estimate of drug-likeness (QED) is 0.234. The van der Waals surface area contributed by atoms with Gasteiger partial charge in [-0.25, -0.2) is 4.98 Å². The number of ether oxygens (including phenoxy) is 1. The summed E-state index contributed by atoms with van der Waals surface area (Å²) in [6.45, 7) is 5.72. The summed E-state index contributed by atoms with van der Waals surface area (Å²) < 4.78 is 5.13. The molecule has 7 nitrogen and oxygen atoms in total. The Labute approximate surface area is 181 Å². The molecule has 2 rings (SSSR count). The molecule has 0 aliphatic carbocycles. The van der Waals surface area contributed by atoms with E-state index in [-0.39, 0.29) is 29.9 Å². The van der Waals surface area contributed by atoms with Gasteiger partial charge < -0.3 is 20.7 Å². The van der Waals surface area contributed by atoms with E-state index in [1.165, 1.54) is 4.88 Å². The highest BCUT2D eigenvalue weighted by Gasteiger charge is 2.07. The van der Waals surface area contributed by atoms with Crippen LogP contribution in [-0.2, 0) is 6.54 Å². The minimum Gasteiger partial charge on any atom is -0.497 e. The fourth-order valence-corrected chi connectivity index (χ4v) is 3.22. The summed E-state index contributed by atoms with van der Waals surface area (Å²) in [5, 5.41) is 10.4. The second-order valence-electron chi connectivity index (χ2n) is 5.58. The average molecular weight is 503 g/mol. The molecule has 1 aromatic carbocycles. The first-order chi connectivity index (χ1) is 12.5. The van der Waals surface area contributed by atoms with E-state index in [0.29, 0.717) is 36.9 Å². The predicted octanol–water partition coefficient (Wildman–Crippen LogP) is 2.48. The number of carbonyl (C=O) groups excluding carboxylic acids is 1. The van der Waals surface area contributed by atoms with Crippen LogP contribution < -0.4 is 20.7 Å². The zero-order valence-electron chi connectivity index (χ0n) is 16.0. The molecule has 0 spiro atoms. The first kappa shape index (κ1) is 23.2. The van der Waals surface area contributed by atoms with Gasteiger partial charge in [0.2, 0.25) is 0 Å². The van der Waals surface area contributed by atoms with Gasteiger partial charge in [-0.3, -0.25) is 9.79 Å². The summed E-state index contributed by atoms with van der Waals surface area (Å²) in [6, 6.07) is 7.06. The van der Waals surface area contributed by atoms with Crippen molar-refractivity contribution in [1.82, 2.24) is 20.9 Å². The predicted molar refractivity (Wildman–Crippen MR) is 121 cm³/mol. The fraction of sp³-hybridized carbons (Fsp3) is 0.389. The molecule has 0 aliphatic heterocycles. The molecule has 3 N–H and O–H groups in total. The molecule has 27 heavy (non-hydrogen) atoms. The number of guanidine groups is 1. The van der Waals surface area contributed by atoms with Gasteiger partial charge in [-0.05, 0) is 32.0 Å². The molecule has 1 amide bonds. The standard InChI is InChI=1S/C18H25N5O2S.HI/c1-12-16(26-13(2)23-12)11-22-18(19-3)21-9-8-20-17(24)14-6-5-7-15(10-14)25-4;/h5-7,10H,8-9,11H2,1-4H3,(H,20,24)(H2,19,21,22);1H. The van der Waals surface area contributed by atoms with Gasteiger partial charge in [-0.2, -0.15) is 0 Å². The molecular weight excluding hydrogens is 477 g/mol. The van der Waals surface area contributed by atoms with Crippen LogP contribution in [-0.4, -0.2) is 44.1 Å². The van der Waals surface area contributed by atoms with E-state index in [2.05, 4.69) is 25.9 Å². The number of hydrogen-bond acceptors (Lipinski definition) is 5. The molecule has 0 fully saturated rings. The first-order valence-corrected chi connectivity index (χ1v) is 9.14. The van der Waals surface area contributed by atoms with Crippen molar-refractivity contribution in [2.45, 2.75) is 20.4 Å². The Morgan fingerprint density at radius 3 is 2.59 bits per heavy atom. The number of halogens is 1. The monoisotopic (exact) mass is 503 g/mol. The summed E-state index contributed by atoms with van der Waals surface area (Å²) in [7, 11) is 3.30. The van der Waals surface area contributed by atoms with Gasteiger partial charge in [-0.1, -0.05) is 6.07 Å². The molecule has 2 aromatic rings. The number of nitrogens with zero attached hydrogens (tertiary/aromatic N) is 2. The smallest absolute Gasteiger partial charge is 0.251 e. The maximum Gasteiger partial charge on any atom is 0.251 e. The number of carbonyl (C=O) groups is 1. The maximum absolute atomic E-state index is 12.1. The van der Waals surface area contributed by atoms with E-state index in [1.807, 2.05) is 13.8 Å². The lowest BCUT2D eigenvalue weighted by molar-refractivity contribution is 0.0954. The number of methoxy groups -OCH3 is 1. The van der Waals surface area contributed by atoms with Gasteiger partial charge in [-0.15, -0.1) is 35.3 Å². The minimum absolute atomic E-state index is 0. The second kappa shape index (κ2) is 11.8. The van der Waals surface area contributed by atoms with Crippen molar-refractivity contribution in [2.75, 3.05) is 27.2 Å². The molecule has 0 atom stereocenters. The number of benzene rings is 1. The molecule has 0 unspecified atom stereocenters. The van der Waals surface area contributed by atoms with Crippen molar-refractivity contribution in [2.24, 2.45) is 4.99 Å². The van der Waals surface area contributed by atoms with Crippen LogP contribution in [0.2, 0.25) is 0 Å². The minimum atomic E-state index is -0.135. The molecule has 0 bridgehead atoms. The van der Waals surface area contributed by atoms with Gasteiger partial charge in [0.1, 0.15) is 5.75 Å². The number of nitrogens with one attached hydrogen (secondary N) is 3. The summed E-state index contributed by atoms with van der Waals surface area (Å²) in [5.41, 5.74) is 1.61. The SMILES string of the molecule is CN=C(NCCNC(=O)c1cccc(OC)c1)NCc1sc(C)nc1C.I. The number of aliphatic imine (C=N–C) groups is 1. The zero-order valence-corrected chi connectivity index (χ0v) is 19.1. The van der Waals surface area contributed by atoms with Crippen molar-refractivity contribution in [3.8, 4) is 5.75 Å². The van der Waals surface area contributed by atoms with Crippen molar-refractivity contribution < 1.29 is 9.53 Å². The molecule has 1 aromatic heterocycles. The lowest BCUT2D eigenvalue weighted by Gasteiger charge is -2.12. The van der Waals surface area contributed by atoms with Crippen LogP contribution in [0.5, 0.6) is 5.75 Å². The first-order valence-electron chi connectivity index (χ1n) is 8.33. The largest absolute Gasteiger partial charge is 0.497 e. The lowest BCUT2D eigenvalue weighted by Crippen LogP contribution is -2.41. The Hall–Kier alpha value is -1.88. The van der Waals surface area contributed by atoms with Gasteiger partial charge >= 0.3 is 0 Å². The molecule has 148 valence electrons. The Morgan fingerprint density at radius 2 is 1.96 bits per heavy atom. The van der Waals surface area contributed by atoms with Crippen LogP contribution >= 0.6 is 35.3 Å². The summed E-state index contributed by atoms with van der Waals surface area (Å²) in [5.74, 6) is 1.21. The Morgan fingerprint density at radius 1 is 1.22 bits per heavy atom. The molecule has 0 saturated heterocycles. The summed E-state index contributed by atoms with van der Waals surface area (Å²) in [4.78, 5) is 21.9. The number of rotatable bonds is 7. The van der Waals surface area contributed by atoms with E-state index in [4.69, 9.17) is 4.74 Å². The van der Waals surface area contributed by atoms with Crippen LogP contribution in [0.25, 0.3) is 0 Å². The topological polar surface area (TPSA) is 87.6 Å². The third kappa shape index (κ3) is 7.33. The van der Waals surface area contributed by atoms with Crippen molar-refractivity contribution in [3.05, 3.63) is 45.4 Å². The molecule has 0 aliphatic rings. The van der Waals surface area contributed by atoms with E-state index < -0.39 is 0 Å². The highest BCUT2D eigenvalue weighted by Crippen LogP contribution is 2.16. The molecule has 0 radical (unpaired) electrons. The molecule has 0 saturated carbocycles. The van der Waals surface area contributed by atoms with E-state index >= 15 is 0 Å². The Balaban J connectivity index is 0.00000364. The van der Waals surface area contributed by atoms with E-state index in [9.17, 15) is 4.79 Å². The molecule has 9 heteroatoms. The number of aryl methyl sites for hydroxylation is 2. The number of thiazole rings is 1. The Bertz CT molecular complexity index is 779. The van der Waals surface area contributed by atoms with Gasteiger partial charge in [0.05, 0.1) is 24.4 Å². The lowest BCUT2D eigenvalue weighted by atomic mass is 10.2. The van der Waals surface area contributed by atoms with Crippen LogP contribution in [0.3, 0.4) is 0 Å². The molecule has 1 heterocycles. The number of hydrogen-bond donors (Lipinski definition) is 3. The fourth-order valence-electron chi connectivity index (χ4n) is 2.35. The second-order valence-corrected chi connectivity index (χ2v) is 6.87.